The van der Waals surface area contributed by atoms with Gasteiger partial charge in [0, 0.05) is 6.54 Å². The molecule has 8 nitrogen and oxygen atoms in total. The van der Waals surface area contributed by atoms with E-state index in [0.717, 1.165) is 11.0 Å². The first kappa shape index (κ1) is 20.2. The van der Waals surface area contributed by atoms with Crippen LogP contribution >= 0.6 is 0 Å². The predicted molar refractivity (Wildman–Crippen MR) is 102 cm³/mol. The molecule has 0 spiro atoms. The van der Waals surface area contributed by atoms with Gasteiger partial charge in [0.05, 0.1) is 23.6 Å². The highest BCUT2D eigenvalue weighted by Crippen LogP contribution is 2.18. The molecule has 27 heavy (non-hydrogen) atoms. The van der Waals surface area contributed by atoms with Crippen molar-refractivity contribution in [3.05, 3.63) is 56.2 Å². The van der Waals surface area contributed by atoms with E-state index >= 15 is 0 Å². The number of hydrogen-bond donors (Lipinski definition) is 2. The molecule has 0 saturated heterocycles. The van der Waals surface area contributed by atoms with Gasteiger partial charge in [-0.3, -0.25) is 19.3 Å². The van der Waals surface area contributed by atoms with Crippen LogP contribution in [0.5, 0.6) is 5.88 Å². The number of nitrogens with zero attached hydrogens (tertiary/aromatic N) is 2. The molecule has 0 aliphatic heterocycles. The Balaban J connectivity index is 2.39. The molecule has 0 saturated carbocycles. The van der Waals surface area contributed by atoms with E-state index in [-0.39, 0.29) is 17.9 Å². The molecule has 0 fully saturated rings. The van der Waals surface area contributed by atoms with Gasteiger partial charge in [0.2, 0.25) is 5.88 Å². The molecule has 0 aliphatic rings. The summed E-state index contributed by atoms with van der Waals surface area (Å²) in [6, 6.07) is 6.34. The van der Waals surface area contributed by atoms with Gasteiger partial charge in [-0.2, -0.15) is 0 Å². The molecule has 0 amide bonds. The first-order valence-corrected chi connectivity index (χ1v) is 8.78. The van der Waals surface area contributed by atoms with Crippen LogP contribution in [0.15, 0.2) is 38.8 Å². The van der Waals surface area contributed by atoms with Crippen molar-refractivity contribution in [1.82, 2.24) is 9.55 Å². The maximum Gasteiger partial charge on any atom is 0.338 e. The van der Waals surface area contributed by atoms with E-state index in [0.29, 0.717) is 24.2 Å². The third kappa shape index (κ3) is 4.72. The standard InChI is InChI=1S/C19H23N3O5/c1-4-6-11-22-17(24)15(16(23)21-19(22)26)12(3)20-14-9-7-13(8-10-14)18(25)27-5-2/h7-10,24H,4-6,11H2,1-3H3,(H,21,23,26). The number of carbonyl (C=O) groups excluding carboxylic acids is 1. The quantitative estimate of drug-likeness (QED) is 0.571. The fourth-order valence-corrected chi connectivity index (χ4v) is 2.55. The minimum Gasteiger partial charge on any atom is -0.494 e. The van der Waals surface area contributed by atoms with Crippen LogP contribution in [-0.4, -0.2) is 32.9 Å². The number of aromatic amines is 1. The van der Waals surface area contributed by atoms with Crippen LogP contribution in [0.2, 0.25) is 0 Å². The minimum atomic E-state index is -0.699. The van der Waals surface area contributed by atoms with Gasteiger partial charge in [-0.25, -0.2) is 9.59 Å². The number of aromatic nitrogens is 2. The van der Waals surface area contributed by atoms with Crippen molar-refractivity contribution in [1.29, 1.82) is 0 Å². The lowest BCUT2D eigenvalue weighted by atomic mass is 10.2. The van der Waals surface area contributed by atoms with Crippen LogP contribution in [0.4, 0.5) is 5.69 Å². The zero-order valence-corrected chi connectivity index (χ0v) is 15.6. The molecule has 1 heterocycles. The summed E-state index contributed by atoms with van der Waals surface area (Å²) in [5, 5.41) is 10.4. The van der Waals surface area contributed by atoms with Crippen LogP contribution in [-0.2, 0) is 11.3 Å². The smallest absolute Gasteiger partial charge is 0.338 e. The fourth-order valence-electron chi connectivity index (χ4n) is 2.55. The van der Waals surface area contributed by atoms with Crippen molar-refractivity contribution < 1.29 is 14.6 Å². The molecule has 144 valence electrons. The van der Waals surface area contributed by atoms with Gasteiger partial charge in [-0.15, -0.1) is 0 Å². The first-order chi connectivity index (χ1) is 12.9. The zero-order chi connectivity index (χ0) is 20.0. The molecule has 1 aromatic heterocycles. The highest BCUT2D eigenvalue weighted by molar-refractivity contribution is 6.01. The summed E-state index contributed by atoms with van der Waals surface area (Å²) in [5.41, 5.74) is -0.271. The highest BCUT2D eigenvalue weighted by atomic mass is 16.5. The Labute approximate surface area is 156 Å². The lowest BCUT2D eigenvalue weighted by Gasteiger charge is -2.11. The lowest BCUT2D eigenvalue weighted by Crippen LogP contribution is -2.33. The molecule has 0 radical (unpaired) electrons. The van der Waals surface area contributed by atoms with Gasteiger partial charge in [-0.05, 0) is 44.5 Å². The number of esters is 1. The number of aliphatic imine (C=N–C) groups is 1. The third-order valence-corrected chi connectivity index (χ3v) is 3.94. The van der Waals surface area contributed by atoms with Crippen molar-refractivity contribution in [2.75, 3.05) is 6.61 Å². The van der Waals surface area contributed by atoms with Crippen molar-refractivity contribution in [3.8, 4) is 5.88 Å². The summed E-state index contributed by atoms with van der Waals surface area (Å²) in [7, 11) is 0. The van der Waals surface area contributed by atoms with Crippen molar-refractivity contribution in [2.45, 2.75) is 40.2 Å². The number of benzene rings is 1. The molecule has 8 heteroatoms. The van der Waals surface area contributed by atoms with Gasteiger partial charge in [0.1, 0.15) is 5.56 Å². The number of nitrogens with one attached hydrogen (secondary N) is 1. The van der Waals surface area contributed by atoms with Crippen LogP contribution in [0.25, 0.3) is 0 Å². The van der Waals surface area contributed by atoms with Gasteiger partial charge < -0.3 is 9.84 Å². The van der Waals surface area contributed by atoms with Gasteiger partial charge in [-0.1, -0.05) is 13.3 Å². The summed E-state index contributed by atoms with van der Waals surface area (Å²) in [6.45, 7) is 5.84. The Morgan fingerprint density at radius 2 is 1.89 bits per heavy atom. The minimum absolute atomic E-state index is 0.0554. The monoisotopic (exact) mass is 373 g/mol. The number of unbranched alkanes of at least 4 members (excludes halogenated alkanes) is 1. The molecular formula is C19H23N3O5. The van der Waals surface area contributed by atoms with Crippen molar-refractivity contribution in [3.63, 3.8) is 0 Å². The Hall–Kier alpha value is -3.16. The Morgan fingerprint density at radius 3 is 2.48 bits per heavy atom. The average molecular weight is 373 g/mol. The molecule has 2 rings (SSSR count). The molecule has 0 bridgehead atoms. The Morgan fingerprint density at radius 1 is 1.22 bits per heavy atom. The summed E-state index contributed by atoms with van der Waals surface area (Å²) in [6.07, 6.45) is 1.52. The molecule has 1 aromatic carbocycles. The number of hydrogen-bond acceptors (Lipinski definition) is 6. The molecule has 0 atom stereocenters. The zero-order valence-electron chi connectivity index (χ0n) is 15.6. The number of ether oxygens (including phenoxy) is 1. The number of carbonyl (C=O) groups is 1. The maximum absolute atomic E-state index is 12.2. The molecule has 2 aromatic rings. The summed E-state index contributed by atoms with van der Waals surface area (Å²) in [5.74, 6) is -0.830. The topological polar surface area (TPSA) is 114 Å². The number of rotatable bonds is 7. The van der Waals surface area contributed by atoms with Crippen LogP contribution in [0.1, 0.15) is 49.5 Å². The van der Waals surface area contributed by atoms with E-state index in [9.17, 15) is 19.5 Å². The van der Waals surface area contributed by atoms with Gasteiger partial charge in [0.25, 0.3) is 5.56 Å². The fraction of sp³-hybridized carbons (Fsp3) is 0.368. The van der Waals surface area contributed by atoms with Gasteiger partial charge in [0.15, 0.2) is 0 Å². The normalized spacial score (nSPS) is 11.4. The highest BCUT2D eigenvalue weighted by Gasteiger charge is 2.16. The molecular weight excluding hydrogens is 350 g/mol. The van der Waals surface area contributed by atoms with Crippen LogP contribution < -0.4 is 11.2 Å². The van der Waals surface area contributed by atoms with E-state index < -0.39 is 23.1 Å². The second kappa shape index (κ2) is 8.98. The predicted octanol–water partition coefficient (Wildman–Crippen LogP) is 2.36. The van der Waals surface area contributed by atoms with Crippen LogP contribution in [0, 0.1) is 0 Å². The van der Waals surface area contributed by atoms with E-state index in [1.807, 2.05) is 6.92 Å². The van der Waals surface area contributed by atoms with E-state index in [2.05, 4.69) is 9.98 Å². The number of aromatic hydroxyl groups is 1. The van der Waals surface area contributed by atoms with E-state index in [4.69, 9.17) is 4.74 Å². The molecule has 0 unspecified atom stereocenters. The SMILES string of the molecule is CCCCn1c(O)c(C(C)=Nc2ccc(C(=O)OCC)cc2)c(=O)[nH]c1=O. The van der Waals surface area contributed by atoms with Crippen molar-refractivity contribution >= 4 is 17.4 Å². The van der Waals surface area contributed by atoms with Crippen LogP contribution in [0.3, 0.4) is 0 Å². The summed E-state index contributed by atoms with van der Waals surface area (Å²) in [4.78, 5) is 42.3. The summed E-state index contributed by atoms with van der Waals surface area (Å²) < 4.78 is 6.05. The first-order valence-electron chi connectivity index (χ1n) is 8.78. The third-order valence-electron chi connectivity index (χ3n) is 3.94. The lowest BCUT2D eigenvalue weighted by molar-refractivity contribution is 0.0526. The average Bonchev–Trinajstić information content (AvgIpc) is 2.62. The van der Waals surface area contributed by atoms with E-state index in [1.165, 1.54) is 0 Å². The Bertz CT molecular complexity index is 955. The largest absolute Gasteiger partial charge is 0.494 e. The second-order valence-electron chi connectivity index (χ2n) is 5.93. The molecule has 0 aliphatic carbocycles. The summed E-state index contributed by atoms with van der Waals surface area (Å²) >= 11 is 0. The molecule has 2 N–H and O–H groups in total. The number of H-pyrrole nitrogens is 1. The second-order valence-corrected chi connectivity index (χ2v) is 5.93. The van der Waals surface area contributed by atoms with E-state index in [1.54, 1.807) is 38.1 Å². The maximum atomic E-state index is 12.2. The van der Waals surface area contributed by atoms with Crippen molar-refractivity contribution in [2.24, 2.45) is 4.99 Å². The van der Waals surface area contributed by atoms with Gasteiger partial charge >= 0.3 is 11.7 Å². The Kier molecular flexibility index (Phi) is 6.70.